The predicted octanol–water partition coefficient (Wildman–Crippen LogP) is 1.59. The number of nitrogens with one attached hydrogen (secondary N) is 2. The van der Waals surface area contributed by atoms with Crippen LogP contribution in [0.3, 0.4) is 0 Å². The predicted molar refractivity (Wildman–Crippen MR) is 51.2 cm³/mol. The van der Waals surface area contributed by atoms with Crippen molar-refractivity contribution in [2.75, 3.05) is 11.9 Å². The number of fused-ring (bicyclic) bond motifs is 1. The number of hydrogen-bond acceptors (Lipinski definition) is 2. The molecule has 1 aliphatic rings. The highest BCUT2D eigenvalue weighted by Gasteiger charge is 2.09. The van der Waals surface area contributed by atoms with E-state index in [0.717, 1.165) is 13.1 Å². The Labute approximate surface area is 73.0 Å². The topological polar surface area (TPSA) is 24.1 Å². The average molecular weight is 162 g/mol. The Morgan fingerprint density at radius 2 is 2.17 bits per heavy atom. The van der Waals surface area contributed by atoms with Gasteiger partial charge in [-0.2, -0.15) is 0 Å². The largest absolute Gasteiger partial charge is 0.381 e. The van der Waals surface area contributed by atoms with Gasteiger partial charge in [0.05, 0.1) is 0 Å². The van der Waals surface area contributed by atoms with Crippen LogP contribution in [0.25, 0.3) is 0 Å². The summed E-state index contributed by atoms with van der Waals surface area (Å²) in [6.45, 7) is 4.21. The SMILES string of the molecule is C[C@@H]1CNCc2ccccc2N1. The molecule has 12 heavy (non-hydrogen) atoms. The van der Waals surface area contributed by atoms with Crippen LogP contribution >= 0.6 is 0 Å². The summed E-state index contributed by atoms with van der Waals surface area (Å²) in [5, 5.41) is 6.85. The minimum Gasteiger partial charge on any atom is -0.381 e. The number of para-hydroxylation sites is 1. The third kappa shape index (κ3) is 1.43. The van der Waals surface area contributed by atoms with E-state index in [-0.39, 0.29) is 0 Å². The smallest absolute Gasteiger partial charge is 0.0388 e. The van der Waals surface area contributed by atoms with Gasteiger partial charge in [-0.15, -0.1) is 0 Å². The Morgan fingerprint density at radius 3 is 3.08 bits per heavy atom. The van der Waals surface area contributed by atoms with Crippen LogP contribution in [-0.2, 0) is 6.54 Å². The summed E-state index contributed by atoms with van der Waals surface area (Å²) in [5.41, 5.74) is 2.64. The Morgan fingerprint density at radius 1 is 1.33 bits per heavy atom. The summed E-state index contributed by atoms with van der Waals surface area (Å²) >= 11 is 0. The number of hydrogen-bond donors (Lipinski definition) is 2. The third-order valence-corrected chi connectivity index (χ3v) is 2.19. The summed E-state index contributed by atoms with van der Waals surface area (Å²) in [7, 11) is 0. The third-order valence-electron chi connectivity index (χ3n) is 2.19. The van der Waals surface area contributed by atoms with Gasteiger partial charge in [-0.1, -0.05) is 18.2 Å². The van der Waals surface area contributed by atoms with E-state index in [4.69, 9.17) is 0 Å². The molecule has 1 aromatic rings. The van der Waals surface area contributed by atoms with Gasteiger partial charge in [0.1, 0.15) is 0 Å². The zero-order valence-electron chi connectivity index (χ0n) is 7.30. The fourth-order valence-corrected chi connectivity index (χ4v) is 1.56. The normalized spacial score (nSPS) is 22.2. The van der Waals surface area contributed by atoms with Crippen molar-refractivity contribution in [1.82, 2.24) is 5.32 Å². The second-order valence-electron chi connectivity index (χ2n) is 3.33. The lowest BCUT2D eigenvalue weighted by Crippen LogP contribution is -2.26. The van der Waals surface area contributed by atoms with Crippen molar-refractivity contribution in [3.63, 3.8) is 0 Å². The van der Waals surface area contributed by atoms with Gasteiger partial charge in [0.25, 0.3) is 0 Å². The first-order valence-corrected chi connectivity index (χ1v) is 4.41. The Kier molecular flexibility index (Phi) is 2.00. The van der Waals surface area contributed by atoms with Crippen LogP contribution in [0.4, 0.5) is 5.69 Å². The lowest BCUT2D eigenvalue weighted by molar-refractivity contribution is 0.651. The van der Waals surface area contributed by atoms with Crippen LogP contribution in [0.2, 0.25) is 0 Å². The van der Waals surface area contributed by atoms with Crippen molar-refractivity contribution in [2.24, 2.45) is 0 Å². The average Bonchev–Trinajstić information content (AvgIpc) is 2.25. The Balaban J connectivity index is 2.31. The molecular weight excluding hydrogens is 148 g/mol. The van der Waals surface area contributed by atoms with Crippen molar-refractivity contribution >= 4 is 5.69 Å². The zero-order valence-corrected chi connectivity index (χ0v) is 7.30. The molecule has 1 heterocycles. The maximum atomic E-state index is 3.46. The highest BCUT2D eigenvalue weighted by atomic mass is 15.0. The van der Waals surface area contributed by atoms with E-state index in [2.05, 4.69) is 41.8 Å². The Hall–Kier alpha value is -1.02. The maximum absolute atomic E-state index is 3.46. The van der Waals surface area contributed by atoms with Gasteiger partial charge in [-0.25, -0.2) is 0 Å². The molecule has 0 bridgehead atoms. The van der Waals surface area contributed by atoms with E-state index < -0.39 is 0 Å². The van der Waals surface area contributed by atoms with E-state index in [1.807, 2.05) is 0 Å². The lowest BCUT2D eigenvalue weighted by atomic mass is 10.2. The standard InChI is InChI=1S/C10H14N2/c1-8-6-11-7-9-4-2-3-5-10(9)12-8/h2-5,8,11-12H,6-7H2,1H3/t8-/m1/s1. The maximum Gasteiger partial charge on any atom is 0.0388 e. The van der Waals surface area contributed by atoms with Crippen LogP contribution < -0.4 is 10.6 Å². The summed E-state index contributed by atoms with van der Waals surface area (Å²) in [6, 6.07) is 8.97. The van der Waals surface area contributed by atoms with Gasteiger partial charge in [0.15, 0.2) is 0 Å². The summed E-state index contributed by atoms with van der Waals surface area (Å²) in [6.07, 6.45) is 0. The fraction of sp³-hybridized carbons (Fsp3) is 0.400. The van der Waals surface area contributed by atoms with E-state index in [9.17, 15) is 0 Å². The molecule has 0 unspecified atom stereocenters. The minimum atomic E-state index is 0.522. The number of benzene rings is 1. The van der Waals surface area contributed by atoms with Crippen LogP contribution in [0.15, 0.2) is 24.3 Å². The number of rotatable bonds is 0. The van der Waals surface area contributed by atoms with Gasteiger partial charge >= 0.3 is 0 Å². The number of anilines is 1. The first kappa shape index (κ1) is 7.62. The van der Waals surface area contributed by atoms with E-state index in [0.29, 0.717) is 6.04 Å². The molecule has 0 aromatic heterocycles. The van der Waals surface area contributed by atoms with Crippen molar-refractivity contribution in [3.05, 3.63) is 29.8 Å². The molecule has 64 valence electrons. The van der Waals surface area contributed by atoms with Crippen molar-refractivity contribution in [1.29, 1.82) is 0 Å². The van der Waals surface area contributed by atoms with Crippen LogP contribution in [0.5, 0.6) is 0 Å². The first-order valence-electron chi connectivity index (χ1n) is 4.41. The Bertz CT molecular complexity index is 270. The minimum absolute atomic E-state index is 0.522. The van der Waals surface area contributed by atoms with Gasteiger partial charge in [0.2, 0.25) is 0 Å². The van der Waals surface area contributed by atoms with Crippen LogP contribution in [0, 0.1) is 0 Å². The quantitative estimate of drug-likeness (QED) is 0.605. The molecule has 0 fully saturated rings. The second-order valence-corrected chi connectivity index (χ2v) is 3.33. The zero-order chi connectivity index (χ0) is 8.39. The summed E-state index contributed by atoms with van der Waals surface area (Å²) in [4.78, 5) is 0. The highest BCUT2D eigenvalue weighted by molar-refractivity contribution is 5.52. The fourth-order valence-electron chi connectivity index (χ4n) is 1.56. The van der Waals surface area contributed by atoms with Crippen molar-refractivity contribution in [2.45, 2.75) is 19.5 Å². The molecule has 2 heteroatoms. The molecule has 2 nitrogen and oxygen atoms in total. The molecule has 0 saturated heterocycles. The second kappa shape index (κ2) is 3.15. The highest BCUT2D eigenvalue weighted by Crippen LogP contribution is 2.17. The van der Waals surface area contributed by atoms with Gasteiger partial charge < -0.3 is 10.6 Å². The first-order chi connectivity index (χ1) is 5.86. The molecule has 1 aromatic carbocycles. The van der Waals surface area contributed by atoms with Crippen LogP contribution in [-0.4, -0.2) is 12.6 Å². The molecule has 0 aliphatic carbocycles. The van der Waals surface area contributed by atoms with Gasteiger partial charge in [-0.05, 0) is 18.6 Å². The molecule has 0 radical (unpaired) electrons. The molecule has 2 rings (SSSR count). The molecule has 2 N–H and O–H groups in total. The monoisotopic (exact) mass is 162 g/mol. The van der Waals surface area contributed by atoms with E-state index in [1.54, 1.807) is 0 Å². The van der Waals surface area contributed by atoms with Crippen molar-refractivity contribution in [3.8, 4) is 0 Å². The van der Waals surface area contributed by atoms with Gasteiger partial charge in [0, 0.05) is 24.8 Å². The van der Waals surface area contributed by atoms with Crippen molar-refractivity contribution < 1.29 is 0 Å². The summed E-state index contributed by atoms with van der Waals surface area (Å²) in [5.74, 6) is 0. The molecule has 0 spiro atoms. The van der Waals surface area contributed by atoms with Gasteiger partial charge in [-0.3, -0.25) is 0 Å². The molecule has 1 aliphatic heterocycles. The molecular formula is C10H14N2. The summed E-state index contributed by atoms with van der Waals surface area (Å²) < 4.78 is 0. The lowest BCUT2D eigenvalue weighted by Gasteiger charge is -2.11. The molecule has 1 atom stereocenters. The van der Waals surface area contributed by atoms with E-state index >= 15 is 0 Å². The molecule has 0 amide bonds. The van der Waals surface area contributed by atoms with E-state index in [1.165, 1.54) is 11.3 Å². The van der Waals surface area contributed by atoms with Crippen LogP contribution in [0.1, 0.15) is 12.5 Å². The molecule has 0 saturated carbocycles.